The fraction of sp³-hybridized carbons (Fsp3) is 0.222. The molecule has 2 aliphatic rings. The average molecular weight is 210 g/mol. The van der Waals surface area contributed by atoms with Crippen LogP contribution in [0.3, 0.4) is 0 Å². The smallest absolute Gasteiger partial charge is 0.0476 e. The second-order valence-corrected chi connectivity index (χ2v) is 3.58. The summed E-state index contributed by atoms with van der Waals surface area (Å²) in [6.45, 7) is 0. The van der Waals surface area contributed by atoms with E-state index in [4.69, 9.17) is 0 Å². The van der Waals surface area contributed by atoms with Crippen molar-refractivity contribution in [1.29, 1.82) is 0 Å². The zero-order chi connectivity index (χ0) is 7.68. The van der Waals surface area contributed by atoms with Gasteiger partial charge in [0.1, 0.15) is 0 Å². The predicted octanol–water partition coefficient (Wildman–Crippen LogP) is 2.81. The van der Waals surface area contributed by atoms with Crippen LogP contribution in [0.1, 0.15) is 6.42 Å². The van der Waals surface area contributed by atoms with Crippen LogP contribution >= 0.6 is 15.9 Å². The van der Waals surface area contributed by atoms with Gasteiger partial charge in [0.25, 0.3) is 0 Å². The highest BCUT2D eigenvalue weighted by atomic mass is 79.9. The van der Waals surface area contributed by atoms with Crippen molar-refractivity contribution in [3.05, 3.63) is 35.0 Å². The fourth-order valence-corrected chi connectivity index (χ4v) is 1.75. The van der Waals surface area contributed by atoms with Crippen LogP contribution in [0.15, 0.2) is 40.0 Å². The largest absolute Gasteiger partial charge is 0.261 e. The lowest BCUT2D eigenvalue weighted by atomic mass is 9.94. The number of hydrogen-bond acceptors (Lipinski definition) is 1. The van der Waals surface area contributed by atoms with Crippen molar-refractivity contribution >= 4 is 21.6 Å². The van der Waals surface area contributed by atoms with Crippen molar-refractivity contribution in [3.63, 3.8) is 0 Å². The molecule has 1 heterocycles. The van der Waals surface area contributed by atoms with Crippen molar-refractivity contribution < 1.29 is 0 Å². The lowest BCUT2D eigenvalue weighted by molar-refractivity contribution is 0.860. The van der Waals surface area contributed by atoms with Crippen molar-refractivity contribution in [2.24, 2.45) is 10.9 Å². The second-order valence-electron chi connectivity index (χ2n) is 2.67. The minimum atomic E-state index is 0.499. The Balaban J connectivity index is 2.33. The van der Waals surface area contributed by atoms with Gasteiger partial charge in [-0.3, -0.25) is 4.99 Å². The van der Waals surface area contributed by atoms with E-state index < -0.39 is 0 Å². The highest BCUT2D eigenvalue weighted by Crippen LogP contribution is 2.24. The summed E-state index contributed by atoms with van der Waals surface area (Å²) >= 11 is 3.45. The van der Waals surface area contributed by atoms with E-state index in [1.54, 1.807) is 0 Å². The standard InChI is InChI=1S/C9H8BrN/c10-8-3-4-9-7(6-8)2-1-5-11-9/h1,3-7H,2H2. The fourth-order valence-electron chi connectivity index (χ4n) is 1.30. The Hall–Kier alpha value is -0.630. The van der Waals surface area contributed by atoms with E-state index in [-0.39, 0.29) is 0 Å². The molecule has 2 heteroatoms. The topological polar surface area (TPSA) is 12.4 Å². The van der Waals surface area contributed by atoms with Gasteiger partial charge in [-0.05, 0) is 18.6 Å². The monoisotopic (exact) mass is 209 g/mol. The lowest BCUT2D eigenvalue weighted by Crippen LogP contribution is -2.13. The number of halogens is 1. The van der Waals surface area contributed by atoms with E-state index in [1.165, 1.54) is 5.71 Å². The summed E-state index contributed by atoms with van der Waals surface area (Å²) < 4.78 is 1.16. The maximum absolute atomic E-state index is 4.27. The summed E-state index contributed by atoms with van der Waals surface area (Å²) in [5.74, 6) is 0.499. The van der Waals surface area contributed by atoms with Crippen molar-refractivity contribution in [3.8, 4) is 0 Å². The van der Waals surface area contributed by atoms with Gasteiger partial charge in [-0.2, -0.15) is 0 Å². The third kappa shape index (κ3) is 1.36. The summed E-state index contributed by atoms with van der Waals surface area (Å²) in [5.41, 5.74) is 1.18. The average Bonchev–Trinajstić information content (AvgIpc) is 2.04. The number of fused-ring (bicyclic) bond motifs is 1. The van der Waals surface area contributed by atoms with Gasteiger partial charge in [0.2, 0.25) is 0 Å². The molecule has 0 bridgehead atoms. The maximum Gasteiger partial charge on any atom is 0.0476 e. The molecule has 0 aromatic carbocycles. The van der Waals surface area contributed by atoms with Gasteiger partial charge in [-0.1, -0.05) is 28.1 Å². The molecule has 0 saturated heterocycles. The molecular weight excluding hydrogens is 202 g/mol. The quantitative estimate of drug-likeness (QED) is 0.582. The minimum absolute atomic E-state index is 0.499. The number of nitrogens with zero attached hydrogens (tertiary/aromatic N) is 1. The van der Waals surface area contributed by atoms with Crippen LogP contribution in [-0.4, -0.2) is 5.71 Å². The van der Waals surface area contributed by atoms with Crippen LogP contribution in [0.4, 0.5) is 0 Å². The van der Waals surface area contributed by atoms with Crippen molar-refractivity contribution in [2.75, 3.05) is 0 Å². The third-order valence-electron chi connectivity index (χ3n) is 1.87. The Labute approximate surface area is 74.3 Å². The molecule has 1 atom stereocenters. The van der Waals surface area contributed by atoms with Gasteiger partial charge >= 0.3 is 0 Å². The predicted molar refractivity (Wildman–Crippen MR) is 50.8 cm³/mol. The van der Waals surface area contributed by atoms with Crippen molar-refractivity contribution in [2.45, 2.75) is 6.42 Å². The summed E-state index contributed by atoms with van der Waals surface area (Å²) in [5, 5.41) is 0. The molecule has 0 spiro atoms. The molecule has 2 rings (SSSR count). The molecule has 1 aliphatic heterocycles. The van der Waals surface area contributed by atoms with Crippen LogP contribution < -0.4 is 0 Å². The number of aliphatic imine (C=N–C) groups is 1. The number of hydrogen-bond donors (Lipinski definition) is 0. The van der Waals surface area contributed by atoms with Gasteiger partial charge in [0, 0.05) is 22.3 Å². The Morgan fingerprint density at radius 1 is 1.45 bits per heavy atom. The van der Waals surface area contributed by atoms with Gasteiger partial charge in [-0.25, -0.2) is 0 Å². The van der Waals surface area contributed by atoms with Crippen LogP contribution in [-0.2, 0) is 0 Å². The first kappa shape index (κ1) is 7.04. The Morgan fingerprint density at radius 3 is 3.27 bits per heavy atom. The first-order chi connectivity index (χ1) is 5.36. The van der Waals surface area contributed by atoms with Crippen LogP contribution in [0, 0.1) is 5.92 Å². The Bertz CT molecular complexity index is 284. The van der Waals surface area contributed by atoms with Gasteiger partial charge < -0.3 is 0 Å². The van der Waals surface area contributed by atoms with Gasteiger partial charge in [-0.15, -0.1) is 0 Å². The Morgan fingerprint density at radius 2 is 2.36 bits per heavy atom. The highest BCUT2D eigenvalue weighted by Gasteiger charge is 2.15. The summed E-state index contributed by atoms with van der Waals surface area (Å²) in [4.78, 5) is 4.27. The maximum atomic E-state index is 4.27. The van der Waals surface area contributed by atoms with Gasteiger partial charge in [0.15, 0.2) is 0 Å². The van der Waals surface area contributed by atoms with E-state index in [0.717, 1.165) is 10.9 Å². The molecule has 0 aromatic rings. The number of allylic oxidation sites excluding steroid dienone is 5. The zero-order valence-corrected chi connectivity index (χ0v) is 7.58. The van der Waals surface area contributed by atoms with Gasteiger partial charge in [0.05, 0.1) is 0 Å². The molecule has 0 amide bonds. The van der Waals surface area contributed by atoms with Crippen LogP contribution in [0.2, 0.25) is 0 Å². The molecule has 56 valence electrons. The molecule has 0 aromatic heterocycles. The minimum Gasteiger partial charge on any atom is -0.261 e. The molecule has 1 aliphatic carbocycles. The van der Waals surface area contributed by atoms with Crippen LogP contribution in [0.25, 0.3) is 0 Å². The number of rotatable bonds is 0. The summed E-state index contributed by atoms with van der Waals surface area (Å²) in [6, 6.07) is 0. The van der Waals surface area contributed by atoms with E-state index >= 15 is 0 Å². The second kappa shape index (κ2) is 2.78. The first-order valence-electron chi connectivity index (χ1n) is 3.64. The molecule has 0 N–H and O–H groups in total. The first-order valence-corrected chi connectivity index (χ1v) is 4.43. The Kier molecular flexibility index (Phi) is 1.78. The highest BCUT2D eigenvalue weighted by molar-refractivity contribution is 9.11. The normalized spacial score (nSPS) is 27.5. The molecule has 11 heavy (non-hydrogen) atoms. The van der Waals surface area contributed by atoms with E-state index in [1.807, 2.05) is 12.3 Å². The molecular formula is C9H8BrN. The van der Waals surface area contributed by atoms with E-state index in [2.05, 4.69) is 39.2 Å². The third-order valence-corrected chi connectivity index (χ3v) is 2.40. The SMILES string of the molecule is BrC1=CC2CC=CN=C2C=C1. The lowest BCUT2D eigenvalue weighted by Gasteiger charge is -2.17. The van der Waals surface area contributed by atoms with E-state index in [0.29, 0.717) is 5.92 Å². The summed E-state index contributed by atoms with van der Waals surface area (Å²) in [7, 11) is 0. The van der Waals surface area contributed by atoms with Crippen LogP contribution in [0.5, 0.6) is 0 Å². The molecule has 0 saturated carbocycles. The molecule has 0 radical (unpaired) electrons. The zero-order valence-electron chi connectivity index (χ0n) is 6.00. The molecule has 1 unspecified atom stereocenters. The molecule has 1 nitrogen and oxygen atoms in total. The van der Waals surface area contributed by atoms with Crippen molar-refractivity contribution in [1.82, 2.24) is 0 Å². The summed E-state index contributed by atoms with van der Waals surface area (Å²) in [6.07, 6.45) is 11.4. The molecule has 0 fully saturated rings. The van der Waals surface area contributed by atoms with E-state index in [9.17, 15) is 0 Å².